The zero-order valence-electron chi connectivity index (χ0n) is 9.16. The minimum atomic E-state index is -1.06. The number of aromatic carboxylic acids is 1. The van der Waals surface area contributed by atoms with E-state index in [1.165, 1.54) is 10.7 Å². The number of aromatic nitrogens is 4. The second-order valence-electron chi connectivity index (χ2n) is 3.44. The maximum absolute atomic E-state index is 11.1. The summed E-state index contributed by atoms with van der Waals surface area (Å²) in [6.45, 7) is 1.89. The highest BCUT2D eigenvalue weighted by atomic mass is 16.4. The van der Waals surface area contributed by atoms with Crippen molar-refractivity contribution in [2.45, 2.75) is 13.3 Å². The number of anilines is 1. The lowest BCUT2D eigenvalue weighted by Gasteiger charge is -2.07. The SMILES string of the molecule is CCc1nnnn1-c1ccc(N)cc1C(=O)O. The van der Waals surface area contributed by atoms with Gasteiger partial charge in [0, 0.05) is 12.1 Å². The minimum Gasteiger partial charge on any atom is -0.478 e. The Hall–Kier alpha value is -2.44. The van der Waals surface area contributed by atoms with Crippen molar-refractivity contribution in [2.24, 2.45) is 0 Å². The Labute approximate surface area is 96.9 Å². The molecule has 7 nitrogen and oxygen atoms in total. The molecule has 0 aliphatic rings. The van der Waals surface area contributed by atoms with E-state index in [4.69, 9.17) is 10.8 Å². The van der Waals surface area contributed by atoms with E-state index >= 15 is 0 Å². The van der Waals surface area contributed by atoms with Crippen LogP contribution in [0.3, 0.4) is 0 Å². The van der Waals surface area contributed by atoms with Gasteiger partial charge in [-0.1, -0.05) is 6.92 Å². The third-order valence-electron chi connectivity index (χ3n) is 2.33. The molecule has 1 heterocycles. The summed E-state index contributed by atoms with van der Waals surface area (Å²) >= 11 is 0. The number of nitrogen functional groups attached to an aromatic ring is 1. The molecule has 2 aromatic rings. The number of nitrogens with zero attached hydrogens (tertiary/aromatic N) is 4. The van der Waals surface area contributed by atoms with Gasteiger partial charge in [-0.25, -0.2) is 4.79 Å². The molecule has 0 fully saturated rings. The third kappa shape index (κ3) is 1.94. The van der Waals surface area contributed by atoms with Crippen LogP contribution in [0.25, 0.3) is 5.69 Å². The molecule has 0 atom stereocenters. The van der Waals surface area contributed by atoms with Crippen molar-refractivity contribution in [3.8, 4) is 5.69 Å². The lowest BCUT2D eigenvalue weighted by Crippen LogP contribution is -2.10. The topological polar surface area (TPSA) is 107 Å². The maximum Gasteiger partial charge on any atom is 0.337 e. The molecule has 88 valence electrons. The van der Waals surface area contributed by atoms with E-state index < -0.39 is 5.97 Å². The second kappa shape index (κ2) is 4.20. The molecule has 0 aliphatic carbocycles. The monoisotopic (exact) mass is 233 g/mol. The van der Waals surface area contributed by atoms with E-state index in [1.54, 1.807) is 12.1 Å². The van der Waals surface area contributed by atoms with Crippen LogP contribution in [0.4, 0.5) is 5.69 Å². The van der Waals surface area contributed by atoms with E-state index in [0.717, 1.165) is 0 Å². The molecule has 0 saturated carbocycles. The molecule has 7 heteroatoms. The molecular weight excluding hydrogens is 222 g/mol. The third-order valence-corrected chi connectivity index (χ3v) is 2.33. The van der Waals surface area contributed by atoms with Gasteiger partial charge in [0.1, 0.15) is 0 Å². The standard InChI is InChI=1S/C10H11N5O2/c1-2-9-12-13-14-15(9)8-4-3-6(11)5-7(8)10(16)17/h3-5H,2,11H2,1H3,(H,16,17). The molecule has 0 radical (unpaired) electrons. The van der Waals surface area contributed by atoms with Gasteiger partial charge in [-0.3, -0.25) is 0 Å². The van der Waals surface area contributed by atoms with Crippen molar-refractivity contribution in [2.75, 3.05) is 5.73 Å². The van der Waals surface area contributed by atoms with Gasteiger partial charge in [0.25, 0.3) is 0 Å². The molecule has 17 heavy (non-hydrogen) atoms. The molecule has 0 saturated heterocycles. The summed E-state index contributed by atoms with van der Waals surface area (Å²) in [5.74, 6) is -0.470. The summed E-state index contributed by atoms with van der Waals surface area (Å²) in [4.78, 5) is 11.1. The van der Waals surface area contributed by atoms with Crippen LogP contribution in [0.1, 0.15) is 23.1 Å². The molecule has 2 rings (SSSR count). The fraction of sp³-hybridized carbons (Fsp3) is 0.200. The van der Waals surface area contributed by atoms with Crippen molar-refractivity contribution in [3.05, 3.63) is 29.6 Å². The summed E-state index contributed by atoms with van der Waals surface area (Å²) in [6.07, 6.45) is 0.608. The minimum absolute atomic E-state index is 0.0759. The predicted molar refractivity (Wildman–Crippen MR) is 59.9 cm³/mol. The van der Waals surface area contributed by atoms with Gasteiger partial charge in [-0.2, -0.15) is 4.68 Å². The van der Waals surface area contributed by atoms with Crippen LogP contribution in [-0.4, -0.2) is 31.3 Å². The van der Waals surface area contributed by atoms with Crippen molar-refractivity contribution in [1.82, 2.24) is 20.2 Å². The lowest BCUT2D eigenvalue weighted by molar-refractivity contribution is 0.0696. The largest absolute Gasteiger partial charge is 0.478 e. The maximum atomic E-state index is 11.1. The summed E-state index contributed by atoms with van der Waals surface area (Å²) < 4.78 is 1.41. The number of carboxylic acid groups (broad SMARTS) is 1. The molecular formula is C10H11N5O2. The van der Waals surface area contributed by atoms with E-state index in [-0.39, 0.29) is 5.56 Å². The summed E-state index contributed by atoms with van der Waals surface area (Å²) in [5.41, 5.74) is 6.44. The molecule has 0 unspecified atom stereocenters. The van der Waals surface area contributed by atoms with Gasteiger partial charge < -0.3 is 10.8 Å². The van der Waals surface area contributed by atoms with Crippen LogP contribution in [-0.2, 0) is 6.42 Å². The Balaban J connectivity index is 2.63. The van der Waals surface area contributed by atoms with E-state index in [0.29, 0.717) is 23.6 Å². The highest BCUT2D eigenvalue weighted by Crippen LogP contribution is 2.18. The zero-order chi connectivity index (χ0) is 12.4. The number of rotatable bonds is 3. The quantitative estimate of drug-likeness (QED) is 0.748. The van der Waals surface area contributed by atoms with Crippen molar-refractivity contribution in [3.63, 3.8) is 0 Å². The number of hydrogen-bond acceptors (Lipinski definition) is 5. The number of benzene rings is 1. The van der Waals surface area contributed by atoms with Crippen LogP contribution in [0.5, 0.6) is 0 Å². The van der Waals surface area contributed by atoms with Crippen molar-refractivity contribution >= 4 is 11.7 Å². The van der Waals surface area contributed by atoms with Crippen LogP contribution in [0.15, 0.2) is 18.2 Å². The smallest absolute Gasteiger partial charge is 0.337 e. The number of carbonyl (C=O) groups is 1. The number of tetrazole rings is 1. The fourth-order valence-electron chi connectivity index (χ4n) is 1.52. The molecule has 0 amide bonds. The lowest BCUT2D eigenvalue weighted by atomic mass is 10.1. The normalized spacial score (nSPS) is 10.4. The predicted octanol–water partition coefficient (Wildman–Crippen LogP) is 0.505. The Bertz CT molecular complexity index is 564. The van der Waals surface area contributed by atoms with Crippen LogP contribution in [0.2, 0.25) is 0 Å². The molecule has 0 bridgehead atoms. The first-order valence-corrected chi connectivity index (χ1v) is 5.04. The van der Waals surface area contributed by atoms with Gasteiger partial charge in [0.2, 0.25) is 0 Å². The highest BCUT2D eigenvalue weighted by Gasteiger charge is 2.15. The summed E-state index contributed by atoms with van der Waals surface area (Å²) in [6, 6.07) is 4.59. The Morgan fingerprint density at radius 3 is 2.94 bits per heavy atom. The second-order valence-corrected chi connectivity index (χ2v) is 3.44. The van der Waals surface area contributed by atoms with Crippen LogP contribution in [0, 0.1) is 0 Å². The number of hydrogen-bond donors (Lipinski definition) is 2. The Morgan fingerprint density at radius 2 is 2.29 bits per heavy atom. The van der Waals surface area contributed by atoms with E-state index in [9.17, 15) is 4.79 Å². The highest BCUT2D eigenvalue weighted by molar-refractivity contribution is 5.93. The van der Waals surface area contributed by atoms with Crippen LogP contribution >= 0.6 is 0 Å². The molecule has 1 aromatic heterocycles. The van der Waals surface area contributed by atoms with Crippen molar-refractivity contribution < 1.29 is 9.90 Å². The van der Waals surface area contributed by atoms with Gasteiger partial charge >= 0.3 is 5.97 Å². The van der Waals surface area contributed by atoms with Gasteiger partial charge in [0.05, 0.1) is 11.3 Å². The first-order valence-electron chi connectivity index (χ1n) is 5.04. The molecule has 0 aliphatic heterocycles. The van der Waals surface area contributed by atoms with Crippen molar-refractivity contribution in [1.29, 1.82) is 0 Å². The van der Waals surface area contributed by atoms with Gasteiger partial charge in [-0.15, -0.1) is 5.10 Å². The van der Waals surface area contributed by atoms with E-state index in [2.05, 4.69) is 15.5 Å². The number of aryl methyl sites for hydroxylation is 1. The number of carboxylic acids is 1. The van der Waals surface area contributed by atoms with E-state index in [1.807, 2.05) is 6.92 Å². The Kier molecular flexibility index (Phi) is 2.73. The zero-order valence-corrected chi connectivity index (χ0v) is 9.16. The average molecular weight is 233 g/mol. The first kappa shape index (κ1) is 11.1. The van der Waals surface area contributed by atoms with Gasteiger partial charge in [0.15, 0.2) is 5.82 Å². The summed E-state index contributed by atoms with van der Waals surface area (Å²) in [7, 11) is 0. The molecule has 0 spiro atoms. The Morgan fingerprint density at radius 1 is 1.53 bits per heavy atom. The fourth-order valence-corrected chi connectivity index (χ4v) is 1.52. The first-order chi connectivity index (χ1) is 8.13. The van der Waals surface area contributed by atoms with Gasteiger partial charge in [-0.05, 0) is 28.6 Å². The molecule has 1 aromatic carbocycles. The number of nitrogens with two attached hydrogens (primary N) is 1. The van der Waals surface area contributed by atoms with Crippen LogP contribution < -0.4 is 5.73 Å². The summed E-state index contributed by atoms with van der Waals surface area (Å²) in [5, 5.41) is 20.2. The molecule has 3 N–H and O–H groups in total. The average Bonchev–Trinajstić information content (AvgIpc) is 2.76.